The molecule has 22 heavy (non-hydrogen) atoms. The third kappa shape index (κ3) is 3.38. The van der Waals surface area contributed by atoms with Gasteiger partial charge in [0.2, 0.25) is 0 Å². The number of benzene rings is 2. The third-order valence-corrected chi connectivity index (χ3v) is 4.62. The molecular weight excluding hydrogens is 414 g/mol. The molecule has 3 amide bonds. The van der Waals surface area contributed by atoms with Gasteiger partial charge in [-0.2, -0.15) is 0 Å². The van der Waals surface area contributed by atoms with Gasteiger partial charge in [-0.05, 0) is 46.3 Å². The molecule has 0 heterocycles. The number of urea groups is 1. The van der Waals surface area contributed by atoms with Crippen molar-refractivity contribution in [2.24, 2.45) is 5.73 Å². The van der Waals surface area contributed by atoms with Crippen molar-refractivity contribution >= 4 is 68.4 Å². The lowest BCUT2D eigenvalue weighted by Gasteiger charge is -2.20. The second kappa shape index (κ2) is 6.87. The largest absolute Gasteiger partial charge is 0.351 e. The first kappa shape index (κ1) is 17.1. The fourth-order valence-corrected chi connectivity index (χ4v) is 2.76. The van der Waals surface area contributed by atoms with Crippen LogP contribution in [0.25, 0.3) is 0 Å². The van der Waals surface area contributed by atoms with E-state index in [0.29, 0.717) is 9.50 Å². The van der Waals surface area contributed by atoms with Crippen LogP contribution >= 0.6 is 50.7 Å². The van der Waals surface area contributed by atoms with Gasteiger partial charge >= 0.3 is 6.03 Å². The number of amides is 3. The highest BCUT2D eigenvalue weighted by Crippen LogP contribution is 2.31. The summed E-state index contributed by atoms with van der Waals surface area (Å²) < 4.78 is 0.616. The molecule has 0 aromatic heterocycles. The Labute approximate surface area is 149 Å². The topological polar surface area (TPSA) is 63.4 Å². The molecular formula is C14H8BrCl3N2O2. The van der Waals surface area contributed by atoms with Crippen molar-refractivity contribution in [2.75, 3.05) is 4.90 Å². The first-order valence-electron chi connectivity index (χ1n) is 5.86. The molecule has 114 valence electrons. The monoisotopic (exact) mass is 420 g/mol. The van der Waals surface area contributed by atoms with Gasteiger partial charge in [0, 0.05) is 4.47 Å². The lowest BCUT2D eigenvalue weighted by atomic mass is 10.1. The summed E-state index contributed by atoms with van der Waals surface area (Å²) in [6.07, 6.45) is 0. The number of rotatable bonds is 2. The number of halogens is 4. The van der Waals surface area contributed by atoms with Gasteiger partial charge in [0.15, 0.2) is 0 Å². The van der Waals surface area contributed by atoms with Gasteiger partial charge < -0.3 is 5.73 Å². The van der Waals surface area contributed by atoms with E-state index in [1.54, 1.807) is 12.1 Å². The summed E-state index contributed by atoms with van der Waals surface area (Å²) in [6, 6.07) is 8.15. The van der Waals surface area contributed by atoms with Gasteiger partial charge in [-0.3, -0.25) is 4.79 Å². The Morgan fingerprint density at radius 3 is 2.09 bits per heavy atom. The molecule has 0 radical (unpaired) electrons. The van der Waals surface area contributed by atoms with Crippen LogP contribution in [-0.4, -0.2) is 11.9 Å². The summed E-state index contributed by atoms with van der Waals surface area (Å²) in [5, 5.41) is 0.556. The molecule has 0 saturated heterocycles. The Balaban J connectivity index is 2.55. The van der Waals surface area contributed by atoms with Crippen LogP contribution in [0.2, 0.25) is 15.1 Å². The number of hydrogen-bond donors (Lipinski definition) is 1. The van der Waals surface area contributed by atoms with E-state index in [0.717, 1.165) is 4.90 Å². The van der Waals surface area contributed by atoms with Crippen LogP contribution in [0.1, 0.15) is 10.4 Å². The maximum atomic E-state index is 12.6. The number of anilines is 1. The average Bonchev–Trinajstić information content (AvgIpc) is 2.42. The molecule has 0 spiro atoms. The summed E-state index contributed by atoms with van der Waals surface area (Å²) in [7, 11) is 0. The Morgan fingerprint density at radius 2 is 1.59 bits per heavy atom. The lowest BCUT2D eigenvalue weighted by Crippen LogP contribution is -2.41. The molecule has 0 fully saturated rings. The molecule has 0 aliphatic rings. The highest BCUT2D eigenvalue weighted by atomic mass is 79.9. The van der Waals surface area contributed by atoms with Crippen LogP contribution < -0.4 is 10.6 Å². The van der Waals surface area contributed by atoms with E-state index in [1.165, 1.54) is 24.3 Å². The Kier molecular flexibility index (Phi) is 5.34. The summed E-state index contributed by atoms with van der Waals surface area (Å²) in [4.78, 5) is 25.1. The molecule has 0 aliphatic heterocycles. The average molecular weight is 422 g/mol. The van der Waals surface area contributed by atoms with Crippen molar-refractivity contribution in [3.8, 4) is 0 Å². The zero-order valence-electron chi connectivity index (χ0n) is 10.8. The fourth-order valence-electron chi connectivity index (χ4n) is 1.78. The molecule has 0 bridgehead atoms. The van der Waals surface area contributed by atoms with Crippen LogP contribution in [0, 0.1) is 0 Å². The second-order valence-electron chi connectivity index (χ2n) is 4.17. The van der Waals surface area contributed by atoms with E-state index < -0.39 is 11.9 Å². The molecule has 2 rings (SSSR count). The van der Waals surface area contributed by atoms with Crippen molar-refractivity contribution < 1.29 is 9.59 Å². The van der Waals surface area contributed by atoms with Gasteiger partial charge in [0.05, 0.1) is 26.3 Å². The first-order valence-corrected chi connectivity index (χ1v) is 7.78. The third-order valence-electron chi connectivity index (χ3n) is 2.76. The van der Waals surface area contributed by atoms with Crippen LogP contribution in [0.4, 0.5) is 10.5 Å². The molecule has 0 saturated carbocycles. The number of carbonyl (C=O) groups is 2. The van der Waals surface area contributed by atoms with Crippen molar-refractivity contribution in [2.45, 2.75) is 0 Å². The maximum absolute atomic E-state index is 12.6. The summed E-state index contributed by atoms with van der Waals surface area (Å²) in [5.74, 6) is -0.735. The van der Waals surface area contributed by atoms with E-state index in [-0.39, 0.29) is 21.3 Å². The summed E-state index contributed by atoms with van der Waals surface area (Å²) in [6.45, 7) is 0. The molecule has 4 nitrogen and oxygen atoms in total. The minimum Gasteiger partial charge on any atom is -0.351 e. The predicted molar refractivity (Wildman–Crippen MR) is 92.0 cm³/mol. The molecule has 0 aliphatic carbocycles. The van der Waals surface area contributed by atoms with Gasteiger partial charge in [0.25, 0.3) is 5.91 Å². The number of nitrogens with two attached hydrogens (primary N) is 1. The molecule has 8 heteroatoms. The minimum absolute atomic E-state index is 0.0105. The van der Waals surface area contributed by atoms with E-state index in [4.69, 9.17) is 40.5 Å². The number of hydrogen-bond acceptors (Lipinski definition) is 2. The first-order chi connectivity index (χ1) is 10.3. The lowest BCUT2D eigenvalue weighted by molar-refractivity contribution is 0.0995. The van der Waals surface area contributed by atoms with Crippen molar-refractivity contribution in [3.05, 3.63) is 61.5 Å². The van der Waals surface area contributed by atoms with Gasteiger partial charge in [-0.15, -0.1) is 0 Å². The van der Waals surface area contributed by atoms with Crippen molar-refractivity contribution in [1.29, 1.82) is 0 Å². The Bertz CT molecular complexity index is 747. The quantitative estimate of drug-likeness (QED) is 0.729. The van der Waals surface area contributed by atoms with E-state index in [1.807, 2.05) is 0 Å². The highest BCUT2D eigenvalue weighted by molar-refractivity contribution is 9.10. The molecule has 0 unspecified atom stereocenters. The van der Waals surface area contributed by atoms with Gasteiger partial charge in [0.1, 0.15) is 0 Å². The number of carbonyl (C=O) groups excluding carboxylic acids is 2. The standard InChI is InChI=1S/C14H8BrCl3N2O2/c15-8-5-4-7(6-11(8)18)20(14(19)22)13(21)12-9(16)2-1-3-10(12)17/h1-6H,(H2,19,22). The second-order valence-corrected chi connectivity index (χ2v) is 6.25. The zero-order chi connectivity index (χ0) is 16.4. The summed E-state index contributed by atoms with van der Waals surface area (Å²) >= 11 is 21.2. The highest BCUT2D eigenvalue weighted by Gasteiger charge is 2.26. The number of primary amides is 1. The van der Waals surface area contributed by atoms with Gasteiger partial charge in [-0.25, -0.2) is 9.69 Å². The maximum Gasteiger partial charge on any atom is 0.326 e. The SMILES string of the molecule is NC(=O)N(C(=O)c1c(Cl)cccc1Cl)c1ccc(Br)c(Cl)c1. The minimum atomic E-state index is -0.973. The number of nitrogens with zero attached hydrogens (tertiary/aromatic N) is 1. The molecule has 2 aromatic carbocycles. The normalized spacial score (nSPS) is 10.4. The van der Waals surface area contributed by atoms with E-state index in [2.05, 4.69) is 15.9 Å². The van der Waals surface area contributed by atoms with Gasteiger partial charge in [-0.1, -0.05) is 40.9 Å². The van der Waals surface area contributed by atoms with E-state index >= 15 is 0 Å². The zero-order valence-corrected chi connectivity index (χ0v) is 14.7. The molecule has 2 N–H and O–H groups in total. The van der Waals surface area contributed by atoms with Crippen LogP contribution in [0.15, 0.2) is 40.9 Å². The Hall–Kier alpha value is -1.27. The van der Waals surface area contributed by atoms with Crippen LogP contribution in [0.5, 0.6) is 0 Å². The molecule has 2 aromatic rings. The van der Waals surface area contributed by atoms with Crippen LogP contribution in [-0.2, 0) is 0 Å². The molecule has 0 atom stereocenters. The van der Waals surface area contributed by atoms with Crippen molar-refractivity contribution in [3.63, 3.8) is 0 Å². The smallest absolute Gasteiger partial charge is 0.326 e. The number of imide groups is 1. The summed E-state index contributed by atoms with van der Waals surface area (Å²) in [5.41, 5.74) is 5.52. The van der Waals surface area contributed by atoms with Crippen molar-refractivity contribution in [1.82, 2.24) is 0 Å². The van der Waals surface area contributed by atoms with Crippen LogP contribution in [0.3, 0.4) is 0 Å². The fraction of sp³-hybridized carbons (Fsp3) is 0. The Morgan fingerprint density at radius 1 is 1.00 bits per heavy atom. The van der Waals surface area contributed by atoms with E-state index in [9.17, 15) is 9.59 Å². The predicted octanol–water partition coefficient (Wildman–Crippen LogP) is 5.13.